The van der Waals surface area contributed by atoms with Crippen LogP contribution < -0.4 is 0 Å². The minimum atomic E-state index is -0.829. The van der Waals surface area contributed by atoms with Crippen LogP contribution >= 0.6 is 0 Å². The Morgan fingerprint density at radius 2 is 1.89 bits per heavy atom. The molecule has 1 aliphatic rings. The van der Waals surface area contributed by atoms with Gasteiger partial charge in [0, 0.05) is 18.5 Å². The van der Waals surface area contributed by atoms with Crippen molar-refractivity contribution >= 4 is 22.8 Å². The molecule has 3 aromatic rings. The standard InChI is InChI=1S/C22H22N2O4/c1-15(21(25)24-11-5-2-6-12-24)28-22(26)17-14-19(20-10-7-13-27-20)23-18-9-4-3-8-16(17)18/h3-4,7-10,13-15H,2,5-6,11-12H2,1H3/t15-/m1/s1. The van der Waals surface area contributed by atoms with Crippen molar-refractivity contribution in [2.75, 3.05) is 13.1 Å². The van der Waals surface area contributed by atoms with Gasteiger partial charge in [-0.1, -0.05) is 18.2 Å². The van der Waals surface area contributed by atoms with Crippen LogP contribution in [-0.2, 0) is 9.53 Å². The summed E-state index contributed by atoms with van der Waals surface area (Å²) in [6.07, 6.45) is 3.85. The maximum Gasteiger partial charge on any atom is 0.339 e. The lowest BCUT2D eigenvalue weighted by Gasteiger charge is -2.29. The predicted molar refractivity (Wildman–Crippen MR) is 105 cm³/mol. The number of pyridine rings is 1. The zero-order chi connectivity index (χ0) is 19.5. The van der Waals surface area contributed by atoms with Gasteiger partial charge in [0.25, 0.3) is 5.91 Å². The van der Waals surface area contributed by atoms with Gasteiger partial charge in [-0.25, -0.2) is 9.78 Å². The number of fused-ring (bicyclic) bond motifs is 1. The number of benzene rings is 1. The van der Waals surface area contributed by atoms with E-state index in [1.54, 1.807) is 36.3 Å². The van der Waals surface area contributed by atoms with E-state index in [0.29, 0.717) is 27.9 Å². The van der Waals surface area contributed by atoms with E-state index < -0.39 is 12.1 Å². The van der Waals surface area contributed by atoms with E-state index in [1.165, 1.54) is 0 Å². The van der Waals surface area contributed by atoms with Crippen LogP contribution in [0.2, 0.25) is 0 Å². The summed E-state index contributed by atoms with van der Waals surface area (Å²) in [6.45, 7) is 3.08. The second kappa shape index (κ2) is 7.84. The number of carbonyl (C=O) groups is 2. The number of nitrogens with zero attached hydrogens (tertiary/aromatic N) is 2. The van der Waals surface area contributed by atoms with Crippen molar-refractivity contribution in [3.8, 4) is 11.5 Å². The maximum absolute atomic E-state index is 12.9. The fraction of sp³-hybridized carbons (Fsp3) is 0.318. The Morgan fingerprint density at radius 1 is 1.11 bits per heavy atom. The highest BCUT2D eigenvalue weighted by Crippen LogP contribution is 2.26. The number of hydrogen-bond acceptors (Lipinski definition) is 5. The lowest BCUT2D eigenvalue weighted by molar-refractivity contribution is -0.140. The Kier molecular flexibility index (Phi) is 5.10. The normalized spacial score (nSPS) is 15.4. The lowest BCUT2D eigenvalue weighted by atomic mass is 10.1. The van der Waals surface area contributed by atoms with Gasteiger partial charge < -0.3 is 14.1 Å². The first-order valence-corrected chi connectivity index (χ1v) is 9.57. The third kappa shape index (κ3) is 3.63. The molecular formula is C22H22N2O4. The Morgan fingerprint density at radius 3 is 2.64 bits per heavy atom. The summed E-state index contributed by atoms with van der Waals surface area (Å²) in [6, 6.07) is 12.6. The van der Waals surface area contributed by atoms with Crippen LogP contribution in [0.3, 0.4) is 0 Å². The van der Waals surface area contributed by atoms with Crippen LogP contribution in [0, 0.1) is 0 Å². The second-order valence-corrected chi connectivity index (χ2v) is 6.98. The molecule has 1 aromatic carbocycles. The number of aromatic nitrogens is 1. The maximum atomic E-state index is 12.9. The smallest absolute Gasteiger partial charge is 0.339 e. The molecule has 0 N–H and O–H groups in total. The zero-order valence-electron chi connectivity index (χ0n) is 15.8. The molecule has 3 heterocycles. The number of amides is 1. The number of piperidine rings is 1. The highest BCUT2D eigenvalue weighted by molar-refractivity contribution is 6.05. The lowest BCUT2D eigenvalue weighted by Crippen LogP contribution is -2.42. The van der Waals surface area contributed by atoms with E-state index in [0.717, 1.165) is 32.4 Å². The van der Waals surface area contributed by atoms with Crippen LogP contribution in [0.5, 0.6) is 0 Å². The van der Waals surface area contributed by atoms with Crippen LogP contribution in [0.1, 0.15) is 36.5 Å². The summed E-state index contributed by atoms with van der Waals surface area (Å²) in [4.78, 5) is 31.9. The molecule has 28 heavy (non-hydrogen) atoms. The van der Waals surface area contributed by atoms with Gasteiger partial charge in [-0.05, 0) is 50.5 Å². The first kappa shape index (κ1) is 18.2. The van der Waals surface area contributed by atoms with E-state index in [4.69, 9.17) is 9.15 Å². The van der Waals surface area contributed by atoms with Crippen molar-refractivity contribution in [3.63, 3.8) is 0 Å². The molecule has 0 spiro atoms. The highest BCUT2D eigenvalue weighted by Gasteiger charge is 2.26. The molecule has 1 fully saturated rings. The predicted octanol–water partition coefficient (Wildman–Crippen LogP) is 4.05. The number of rotatable bonds is 4. The monoisotopic (exact) mass is 378 g/mol. The number of likely N-dealkylation sites (tertiary alicyclic amines) is 1. The van der Waals surface area contributed by atoms with Gasteiger partial charge in [0.2, 0.25) is 0 Å². The third-order valence-electron chi connectivity index (χ3n) is 5.01. The minimum Gasteiger partial charge on any atom is -0.463 e. The number of esters is 1. The average molecular weight is 378 g/mol. The molecule has 0 radical (unpaired) electrons. The molecule has 2 aromatic heterocycles. The molecule has 1 aliphatic heterocycles. The molecule has 0 bridgehead atoms. The number of carbonyl (C=O) groups excluding carboxylic acids is 2. The quantitative estimate of drug-likeness (QED) is 0.641. The van der Waals surface area contributed by atoms with Gasteiger partial charge in [-0.3, -0.25) is 4.79 Å². The SMILES string of the molecule is C[C@@H](OC(=O)c1cc(-c2ccco2)nc2ccccc12)C(=O)N1CCCCC1. The van der Waals surface area contributed by atoms with Crippen LogP contribution in [0.4, 0.5) is 0 Å². The molecule has 144 valence electrons. The van der Waals surface area contributed by atoms with E-state index in [9.17, 15) is 9.59 Å². The molecule has 6 heteroatoms. The Balaban J connectivity index is 1.62. The molecule has 4 rings (SSSR count). The molecule has 0 saturated carbocycles. The summed E-state index contributed by atoms with van der Waals surface area (Å²) in [7, 11) is 0. The first-order valence-electron chi connectivity index (χ1n) is 9.57. The number of hydrogen-bond donors (Lipinski definition) is 0. The van der Waals surface area contributed by atoms with Crippen molar-refractivity contribution in [2.45, 2.75) is 32.3 Å². The van der Waals surface area contributed by atoms with Crippen molar-refractivity contribution < 1.29 is 18.7 Å². The highest BCUT2D eigenvalue weighted by atomic mass is 16.5. The second-order valence-electron chi connectivity index (χ2n) is 6.98. The van der Waals surface area contributed by atoms with E-state index >= 15 is 0 Å². The molecule has 0 aliphatic carbocycles. The van der Waals surface area contributed by atoms with E-state index in [2.05, 4.69) is 4.98 Å². The molecule has 0 unspecified atom stereocenters. The minimum absolute atomic E-state index is 0.141. The van der Waals surface area contributed by atoms with Crippen molar-refractivity contribution in [1.82, 2.24) is 9.88 Å². The number of ether oxygens (including phenoxy) is 1. The Labute approximate surface area is 163 Å². The topological polar surface area (TPSA) is 72.6 Å². The van der Waals surface area contributed by atoms with Crippen LogP contribution in [-0.4, -0.2) is 41.0 Å². The van der Waals surface area contributed by atoms with Crippen molar-refractivity contribution in [1.29, 1.82) is 0 Å². The number of furan rings is 1. The van der Waals surface area contributed by atoms with Gasteiger partial charge >= 0.3 is 5.97 Å². The van der Waals surface area contributed by atoms with Gasteiger partial charge in [-0.2, -0.15) is 0 Å². The average Bonchev–Trinajstić information content (AvgIpc) is 3.28. The fourth-order valence-corrected chi connectivity index (χ4v) is 3.54. The first-order chi connectivity index (χ1) is 13.6. The molecule has 6 nitrogen and oxygen atoms in total. The Hall–Kier alpha value is -3.15. The summed E-state index contributed by atoms with van der Waals surface area (Å²) in [5, 5.41) is 0.681. The molecule has 1 atom stereocenters. The van der Waals surface area contributed by atoms with Gasteiger partial charge in [0.15, 0.2) is 11.9 Å². The summed E-state index contributed by atoms with van der Waals surface area (Å²) in [5.41, 5.74) is 1.58. The molecule has 1 saturated heterocycles. The van der Waals surface area contributed by atoms with Crippen molar-refractivity contribution in [2.24, 2.45) is 0 Å². The summed E-state index contributed by atoms with van der Waals surface area (Å²) in [5.74, 6) is -0.112. The summed E-state index contributed by atoms with van der Waals surface area (Å²) < 4.78 is 11.0. The van der Waals surface area contributed by atoms with Gasteiger partial charge in [0.1, 0.15) is 5.69 Å². The zero-order valence-corrected chi connectivity index (χ0v) is 15.8. The third-order valence-corrected chi connectivity index (χ3v) is 5.01. The summed E-state index contributed by atoms with van der Waals surface area (Å²) >= 11 is 0. The van der Waals surface area contributed by atoms with Crippen LogP contribution in [0.15, 0.2) is 53.1 Å². The Bertz CT molecular complexity index is 991. The molecular weight excluding hydrogens is 356 g/mol. The molecule has 1 amide bonds. The number of para-hydroxylation sites is 1. The van der Waals surface area contributed by atoms with Crippen molar-refractivity contribution in [3.05, 3.63) is 54.3 Å². The largest absolute Gasteiger partial charge is 0.463 e. The van der Waals surface area contributed by atoms with E-state index in [1.807, 2.05) is 24.3 Å². The van der Waals surface area contributed by atoms with E-state index in [-0.39, 0.29) is 5.91 Å². The fourth-order valence-electron chi connectivity index (χ4n) is 3.54. The van der Waals surface area contributed by atoms with Crippen LogP contribution in [0.25, 0.3) is 22.4 Å². The van der Waals surface area contributed by atoms with Gasteiger partial charge in [0.05, 0.1) is 17.3 Å². The van der Waals surface area contributed by atoms with Gasteiger partial charge in [-0.15, -0.1) is 0 Å².